The summed E-state index contributed by atoms with van der Waals surface area (Å²) in [5.74, 6) is 1.52. The highest BCUT2D eigenvalue weighted by Gasteiger charge is 2.27. The molecular weight excluding hydrogens is 516 g/mol. The quantitative estimate of drug-likeness (QED) is 0.362. The van der Waals surface area contributed by atoms with Crippen molar-refractivity contribution >= 4 is 56.6 Å². The third-order valence-corrected chi connectivity index (χ3v) is 9.54. The van der Waals surface area contributed by atoms with Crippen molar-refractivity contribution in [2.75, 3.05) is 32.4 Å². The second kappa shape index (κ2) is 9.48. The summed E-state index contributed by atoms with van der Waals surface area (Å²) in [7, 11) is 2.10. The van der Waals surface area contributed by atoms with Crippen LogP contribution in [0.5, 0.6) is 0 Å². The highest BCUT2D eigenvalue weighted by molar-refractivity contribution is 7.99. The molecule has 0 saturated carbocycles. The van der Waals surface area contributed by atoms with Crippen LogP contribution in [0.15, 0.2) is 34.2 Å². The van der Waals surface area contributed by atoms with Gasteiger partial charge < -0.3 is 9.80 Å². The molecule has 0 radical (unpaired) electrons. The Morgan fingerprint density at radius 2 is 2.03 bits per heavy atom. The molecule has 4 aromatic rings. The normalized spacial score (nSPS) is 17.2. The van der Waals surface area contributed by atoms with Gasteiger partial charge in [0.05, 0.1) is 16.8 Å². The number of aromatic nitrogens is 4. The lowest BCUT2D eigenvalue weighted by molar-refractivity contribution is -0.129. The first kappa shape index (κ1) is 24.0. The number of thiophene rings is 1. The van der Waals surface area contributed by atoms with Crippen molar-refractivity contribution in [1.82, 2.24) is 29.0 Å². The van der Waals surface area contributed by atoms with Gasteiger partial charge in [0.25, 0.3) is 5.56 Å². The Labute approximate surface area is 221 Å². The largest absolute Gasteiger partial charge is 0.342 e. The van der Waals surface area contributed by atoms with Gasteiger partial charge in [-0.1, -0.05) is 36.4 Å². The lowest BCUT2D eigenvalue weighted by Crippen LogP contribution is -2.38. The first-order chi connectivity index (χ1) is 17.4. The van der Waals surface area contributed by atoms with Crippen LogP contribution in [0.4, 0.5) is 0 Å². The third-order valence-electron chi connectivity index (χ3n) is 7.19. The van der Waals surface area contributed by atoms with Crippen molar-refractivity contribution in [3.63, 3.8) is 0 Å². The number of benzene rings is 1. The Hall–Kier alpha value is -2.40. The molecule has 0 aliphatic carbocycles. The first-order valence-electron chi connectivity index (χ1n) is 12.2. The van der Waals surface area contributed by atoms with E-state index in [9.17, 15) is 9.59 Å². The molecule has 11 heteroatoms. The molecule has 0 atom stereocenters. The average Bonchev–Trinajstić information content (AvgIpc) is 3.44. The number of piperidine rings is 1. The van der Waals surface area contributed by atoms with Gasteiger partial charge in [0.1, 0.15) is 4.83 Å². The number of fused-ring (bicyclic) bond motifs is 5. The van der Waals surface area contributed by atoms with E-state index in [0.29, 0.717) is 38.7 Å². The minimum Gasteiger partial charge on any atom is -0.342 e. The Morgan fingerprint density at radius 1 is 1.22 bits per heavy atom. The van der Waals surface area contributed by atoms with Gasteiger partial charge in [-0.25, -0.2) is 8.97 Å². The predicted molar refractivity (Wildman–Crippen MR) is 145 cm³/mol. The van der Waals surface area contributed by atoms with Crippen LogP contribution in [0, 0.1) is 5.92 Å². The van der Waals surface area contributed by atoms with Crippen LogP contribution >= 0.6 is 34.7 Å². The summed E-state index contributed by atoms with van der Waals surface area (Å²) in [5, 5.41) is 10.8. The molecule has 0 spiro atoms. The molecule has 1 aromatic carbocycles. The zero-order chi connectivity index (χ0) is 25.0. The number of halogens is 1. The summed E-state index contributed by atoms with van der Waals surface area (Å²) >= 11 is 9.31. The maximum atomic E-state index is 13.9. The predicted octanol–water partition coefficient (Wildman–Crippen LogP) is 4.09. The number of hydrogen-bond acceptors (Lipinski definition) is 7. The van der Waals surface area contributed by atoms with E-state index in [1.165, 1.54) is 16.6 Å². The van der Waals surface area contributed by atoms with Crippen molar-refractivity contribution in [1.29, 1.82) is 0 Å². The number of amides is 1. The van der Waals surface area contributed by atoms with Gasteiger partial charge in [-0.05, 0) is 56.0 Å². The molecule has 2 aliphatic heterocycles. The summed E-state index contributed by atoms with van der Waals surface area (Å²) in [6, 6.07) is 7.23. The van der Waals surface area contributed by atoms with Crippen molar-refractivity contribution in [2.24, 2.45) is 5.92 Å². The Balaban J connectivity index is 1.48. The van der Waals surface area contributed by atoms with E-state index < -0.39 is 0 Å². The van der Waals surface area contributed by atoms with Gasteiger partial charge in [0.2, 0.25) is 11.7 Å². The molecule has 0 bridgehead atoms. The molecule has 0 N–H and O–H groups in total. The van der Waals surface area contributed by atoms with E-state index in [0.717, 1.165) is 55.8 Å². The van der Waals surface area contributed by atoms with Crippen LogP contribution in [-0.2, 0) is 17.8 Å². The van der Waals surface area contributed by atoms with E-state index in [4.69, 9.17) is 11.6 Å². The summed E-state index contributed by atoms with van der Waals surface area (Å²) in [6.07, 6.45) is 2.91. The smallest absolute Gasteiger partial charge is 0.268 e. The lowest BCUT2D eigenvalue weighted by Gasteiger charge is -2.30. The molecule has 1 amide bonds. The Bertz CT molecular complexity index is 1540. The van der Waals surface area contributed by atoms with Crippen LogP contribution < -0.4 is 5.56 Å². The van der Waals surface area contributed by atoms with Crippen LogP contribution in [0.2, 0.25) is 5.02 Å². The maximum absolute atomic E-state index is 13.9. The van der Waals surface area contributed by atoms with Crippen molar-refractivity contribution in [2.45, 2.75) is 37.9 Å². The second-order valence-electron chi connectivity index (χ2n) is 9.76. The van der Waals surface area contributed by atoms with Crippen LogP contribution in [0.25, 0.3) is 21.7 Å². The fourth-order valence-corrected chi connectivity index (χ4v) is 7.59. The number of likely N-dealkylation sites (tertiary alicyclic amines) is 1. The number of rotatable bonds is 4. The van der Waals surface area contributed by atoms with Gasteiger partial charge >= 0.3 is 0 Å². The molecule has 36 heavy (non-hydrogen) atoms. The number of hydrogen-bond donors (Lipinski definition) is 0. The summed E-state index contributed by atoms with van der Waals surface area (Å²) < 4.78 is 3.56. The van der Waals surface area contributed by atoms with E-state index in [1.54, 1.807) is 28.0 Å². The summed E-state index contributed by atoms with van der Waals surface area (Å²) in [5.41, 5.74) is 1.65. The van der Waals surface area contributed by atoms with E-state index >= 15 is 0 Å². The van der Waals surface area contributed by atoms with E-state index in [1.807, 2.05) is 21.4 Å². The van der Waals surface area contributed by atoms with Crippen LogP contribution in [0.3, 0.4) is 0 Å². The second-order valence-corrected chi connectivity index (χ2v) is 12.2. The van der Waals surface area contributed by atoms with Crippen molar-refractivity contribution in [3.8, 4) is 5.69 Å². The molecule has 6 rings (SSSR count). The summed E-state index contributed by atoms with van der Waals surface area (Å²) in [6.45, 7) is 5.57. The van der Waals surface area contributed by atoms with Crippen molar-refractivity contribution < 1.29 is 4.79 Å². The number of carbonyl (C=O) groups excluding carboxylic acids is 1. The van der Waals surface area contributed by atoms with Gasteiger partial charge in [0, 0.05) is 36.1 Å². The highest BCUT2D eigenvalue weighted by Crippen LogP contribution is 2.35. The molecule has 2 aliphatic rings. The fraction of sp³-hybridized carbons (Fsp3) is 0.440. The minimum absolute atomic E-state index is 0.107. The standard InChI is InChI=1S/C25H27ClN6O2S2/c1-15-6-10-30(11-7-15)20(33)14-35-25-28-27-24-31(17-5-3-4-16(26)12-17)22(34)21-18-8-9-29(2)13-19(18)36-23(21)32(24)25/h3-5,12,15H,6-11,13-14H2,1-2H3. The minimum atomic E-state index is -0.107. The monoisotopic (exact) mass is 542 g/mol. The van der Waals surface area contributed by atoms with Gasteiger partial charge in [0.15, 0.2) is 5.16 Å². The topological polar surface area (TPSA) is 75.7 Å². The molecule has 0 unspecified atom stereocenters. The first-order valence-corrected chi connectivity index (χ1v) is 14.4. The molecule has 1 saturated heterocycles. The van der Waals surface area contributed by atoms with Gasteiger partial charge in [-0.3, -0.25) is 9.59 Å². The zero-order valence-corrected chi connectivity index (χ0v) is 22.6. The van der Waals surface area contributed by atoms with Gasteiger partial charge in [-0.2, -0.15) is 0 Å². The third kappa shape index (κ3) is 4.13. The number of nitrogens with zero attached hydrogens (tertiary/aromatic N) is 6. The van der Waals surface area contributed by atoms with E-state index in [-0.39, 0.29) is 11.5 Å². The molecule has 188 valence electrons. The van der Waals surface area contributed by atoms with Gasteiger partial charge in [-0.15, -0.1) is 21.5 Å². The van der Waals surface area contributed by atoms with E-state index in [2.05, 4.69) is 29.1 Å². The fourth-order valence-electron chi connectivity index (χ4n) is 5.10. The zero-order valence-electron chi connectivity index (χ0n) is 20.2. The number of carbonyl (C=O) groups is 1. The average molecular weight is 543 g/mol. The van der Waals surface area contributed by atoms with Crippen LogP contribution in [-0.4, -0.2) is 67.3 Å². The highest BCUT2D eigenvalue weighted by atomic mass is 35.5. The van der Waals surface area contributed by atoms with Crippen LogP contribution in [0.1, 0.15) is 30.2 Å². The van der Waals surface area contributed by atoms with Crippen molar-refractivity contribution in [3.05, 3.63) is 50.1 Å². The molecule has 1 fully saturated rings. The molecule has 5 heterocycles. The Morgan fingerprint density at radius 3 is 2.81 bits per heavy atom. The number of likely N-dealkylation sites (N-methyl/N-ethyl adjacent to an activating group) is 1. The lowest BCUT2D eigenvalue weighted by atomic mass is 9.99. The molecule has 3 aromatic heterocycles. The molecule has 8 nitrogen and oxygen atoms in total. The maximum Gasteiger partial charge on any atom is 0.268 e. The summed E-state index contributed by atoms with van der Waals surface area (Å²) in [4.78, 5) is 33.2. The SMILES string of the molecule is CC1CCN(C(=O)CSc2nnc3n(-c4cccc(Cl)c4)c(=O)c4c5c(sc4n23)CN(C)CC5)CC1. The number of thioether (sulfide) groups is 1. The Kier molecular flexibility index (Phi) is 6.31. The molecular formula is C25H27ClN6O2S2.